The van der Waals surface area contributed by atoms with Gasteiger partial charge in [0.1, 0.15) is 11.5 Å². The van der Waals surface area contributed by atoms with E-state index < -0.39 is 5.82 Å². The molecule has 0 bridgehead atoms. The lowest BCUT2D eigenvalue weighted by atomic mass is 10.1. The molecule has 0 fully saturated rings. The van der Waals surface area contributed by atoms with Crippen molar-refractivity contribution in [3.63, 3.8) is 0 Å². The standard InChI is InChI=1S/C18H16ClFN2O3S/c1-23-15-5-4-10(6-12(15)20)14-9-26-18(22-14)21-13-8-16(24-2)11(19)7-17(13)25-3/h4-9H,1-3H3,(H,21,22). The average molecular weight is 395 g/mol. The van der Waals surface area contributed by atoms with E-state index in [4.69, 9.17) is 25.8 Å². The Kier molecular flexibility index (Phi) is 5.49. The molecule has 2 aromatic carbocycles. The molecule has 0 aliphatic rings. The molecule has 1 heterocycles. The van der Waals surface area contributed by atoms with Crippen LogP contribution in [0.25, 0.3) is 11.3 Å². The first-order valence-electron chi connectivity index (χ1n) is 7.53. The summed E-state index contributed by atoms with van der Waals surface area (Å²) in [5.74, 6) is 0.837. The largest absolute Gasteiger partial charge is 0.495 e. The summed E-state index contributed by atoms with van der Waals surface area (Å²) in [4.78, 5) is 4.50. The highest BCUT2D eigenvalue weighted by Crippen LogP contribution is 2.38. The summed E-state index contributed by atoms with van der Waals surface area (Å²) in [5.41, 5.74) is 1.97. The summed E-state index contributed by atoms with van der Waals surface area (Å²) >= 11 is 7.50. The van der Waals surface area contributed by atoms with Gasteiger partial charge in [0.15, 0.2) is 16.7 Å². The second-order valence-electron chi connectivity index (χ2n) is 5.20. The highest BCUT2D eigenvalue weighted by molar-refractivity contribution is 7.14. The Balaban J connectivity index is 1.88. The second-order valence-corrected chi connectivity index (χ2v) is 6.46. The predicted molar refractivity (Wildman–Crippen MR) is 102 cm³/mol. The van der Waals surface area contributed by atoms with Crippen molar-refractivity contribution < 1.29 is 18.6 Å². The summed E-state index contributed by atoms with van der Waals surface area (Å²) in [6.07, 6.45) is 0. The fourth-order valence-corrected chi connectivity index (χ4v) is 3.33. The molecule has 0 aliphatic carbocycles. The van der Waals surface area contributed by atoms with Gasteiger partial charge in [-0.3, -0.25) is 0 Å². The van der Waals surface area contributed by atoms with Gasteiger partial charge in [-0.1, -0.05) is 11.6 Å². The molecule has 136 valence electrons. The zero-order valence-electron chi connectivity index (χ0n) is 14.3. The molecule has 8 heteroatoms. The van der Waals surface area contributed by atoms with Crippen LogP contribution in [0.2, 0.25) is 5.02 Å². The molecule has 3 rings (SSSR count). The molecular formula is C18H16ClFN2O3S. The Hall–Kier alpha value is -2.51. The van der Waals surface area contributed by atoms with E-state index in [1.807, 2.05) is 5.38 Å². The van der Waals surface area contributed by atoms with Crippen LogP contribution < -0.4 is 19.5 Å². The number of hydrogen-bond acceptors (Lipinski definition) is 6. The zero-order chi connectivity index (χ0) is 18.7. The van der Waals surface area contributed by atoms with Crippen molar-refractivity contribution in [3.8, 4) is 28.5 Å². The van der Waals surface area contributed by atoms with Gasteiger partial charge in [0.05, 0.1) is 37.7 Å². The van der Waals surface area contributed by atoms with Crippen LogP contribution in [0.3, 0.4) is 0 Å². The van der Waals surface area contributed by atoms with Gasteiger partial charge in [-0.25, -0.2) is 9.37 Å². The van der Waals surface area contributed by atoms with Crippen molar-refractivity contribution in [1.29, 1.82) is 0 Å². The van der Waals surface area contributed by atoms with E-state index in [9.17, 15) is 4.39 Å². The van der Waals surface area contributed by atoms with E-state index in [-0.39, 0.29) is 5.75 Å². The van der Waals surface area contributed by atoms with Crippen molar-refractivity contribution in [2.75, 3.05) is 26.6 Å². The molecule has 3 aromatic rings. The van der Waals surface area contributed by atoms with Crippen molar-refractivity contribution in [2.45, 2.75) is 0 Å². The number of hydrogen-bond donors (Lipinski definition) is 1. The highest BCUT2D eigenvalue weighted by atomic mass is 35.5. The third kappa shape index (κ3) is 3.68. The van der Waals surface area contributed by atoms with Crippen LogP contribution in [0.5, 0.6) is 17.2 Å². The highest BCUT2D eigenvalue weighted by Gasteiger charge is 2.13. The van der Waals surface area contributed by atoms with Gasteiger partial charge in [0, 0.05) is 23.1 Å². The molecule has 0 unspecified atom stereocenters. The van der Waals surface area contributed by atoms with Crippen LogP contribution in [0.4, 0.5) is 15.2 Å². The monoisotopic (exact) mass is 394 g/mol. The third-order valence-corrected chi connectivity index (χ3v) is 4.72. The molecule has 0 spiro atoms. The number of methoxy groups -OCH3 is 3. The van der Waals surface area contributed by atoms with Crippen LogP contribution in [0.15, 0.2) is 35.7 Å². The Morgan fingerprint density at radius 2 is 1.73 bits per heavy atom. The van der Waals surface area contributed by atoms with Gasteiger partial charge in [0.2, 0.25) is 0 Å². The first-order chi connectivity index (χ1) is 12.5. The van der Waals surface area contributed by atoms with Crippen LogP contribution in [0, 0.1) is 5.82 Å². The Morgan fingerprint density at radius 3 is 2.38 bits per heavy atom. The van der Waals surface area contributed by atoms with Gasteiger partial charge < -0.3 is 19.5 Å². The Labute approximate surface area is 159 Å². The fourth-order valence-electron chi connectivity index (χ4n) is 2.36. The van der Waals surface area contributed by atoms with Crippen LogP contribution in [0.1, 0.15) is 0 Å². The molecule has 1 N–H and O–H groups in total. The maximum atomic E-state index is 13.9. The maximum Gasteiger partial charge on any atom is 0.187 e. The minimum absolute atomic E-state index is 0.195. The molecule has 0 amide bonds. The van der Waals surface area contributed by atoms with E-state index in [1.54, 1.807) is 31.4 Å². The van der Waals surface area contributed by atoms with Gasteiger partial charge in [-0.05, 0) is 18.2 Å². The topological polar surface area (TPSA) is 52.6 Å². The lowest BCUT2D eigenvalue weighted by Crippen LogP contribution is -1.96. The number of rotatable bonds is 6. The quantitative estimate of drug-likeness (QED) is 0.609. The number of thiazole rings is 1. The van der Waals surface area contributed by atoms with Gasteiger partial charge >= 0.3 is 0 Å². The summed E-state index contributed by atoms with van der Waals surface area (Å²) in [7, 11) is 4.52. The van der Waals surface area contributed by atoms with Crippen LogP contribution >= 0.6 is 22.9 Å². The maximum absolute atomic E-state index is 13.9. The van der Waals surface area contributed by atoms with E-state index in [0.29, 0.717) is 38.6 Å². The van der Waals surface area contributed by atoms with E-state index >= 15 is 0 Å². The lowest BCUT2D eigenvalue weighted by Gasteiger charge is -2.12. The van der Waals surface area contributed by atoms with Crippen LogP contribution in [-0.4, -0.2) is 26.3 Å². The summed E-state index contributed by atoms with van der Waals surface area (Å²) in [6, 6.07) is 8.12. The van der Waals surface area contributed by atoms with Crippen molar-refractivity contribution in [2.24, 2.45) is 0 Å². The molecular weight excluding hydrogens is 379 g/mol. The van der Waals surface area contributed by atoms with Crippen LogP contribution in [-0.2, 0) is 0 Å². The SMILES string of the molecule is COc1ccc(-c2csc(Nc3cc(OC)c(Cl)cc3OC)n2)cc1F. The van der Waals surface area contributed by atoms with Gasteiger partial charge in [-0.2, -0.15) is 0 Å². The van der Waals surface area contributed by atoms with Gasteiger partial charge in [-0.15, -0.1) is 11.3 Å². The van der Waals surface area contributed by atoms with Crippen molar-refractivity contribution >= 4 is 33.8 Å². The third-order valence-electron chi connectivity index (χ3n) is 3.67. The molecule has 1 aromatic heterocycles. The molecule has 5 nitrogen and oxygen atoms in total. The number of aromatic nitrogens is 1. The molecule has 26 heavy (non-hydrogen) atoms. The Morgan fingerprint density at radius 1 is 1.00 bits per heavy atom. The van der Waals surface area contributed by atoms with E-state index in [2.05, 4.69) is 10.3 Å². The van der Waals surface area contributed by atoms with Crippen molar-refractivity contribution in [1.82, 2.24) is 4.98 Å². The number of ether oxygens (including phenoxy) is 3. The normalized spacial score (nSPS) is 10.5. The predicted octanol–water partition coefficient (Wildman–Crippen LogP) is 5.37. The molecule has 0 radical (unpaired) electrons. The molecule has 0 saturated heterocycles. The first kappa shape index (κ1) is 18.3. The smallest absolute Gasteiger partial charge is 0.187 e. The first-order valence-corrected chi connectivity index (χ1v) is 8.79. The van der Waals surface area contributed by atoms with E-state index in [1.165, 1.54) is 31.6 Å². The summed E-state index contributed by atoms with van der Waals surface area (Å²) in [6.45, 7) is 0. The summed E-state index contributed by atoms with van der Waals surface area (Å²) in [5, 5.41) is 6.09. The molecule has 0 aliphatic heterocycles. The van der Waals surface area contributed by atoms with E-state index in [0.717, 1.165) is 0 Å². The van der Waals surface area contributed by atoms with Crippen molar-refractivity contribution in [3.05, 3.63) is 46.6 Å². The Bertz CT molecular complexity index is 933. The number of nitrogens with one attached hydrogen (secondary N) is 1. The molecule has 0 saturated carbocycles. The minimum atomic E-state index is -0.434. The average Bonchev–Trinajstić information content (AvgIpc) is 3.11. The lowest BCUT2D eigenvalue weighted by molar-refractivity contribution is 0.386. The fraction of sp³-hybridized carbons (Fsp3) is 0.167. The number of benzene rings is 2. The number of anilines is 2. The zero-order valence-corrected chi connectivity index (χ0v) is 15.9. The minimum Gasteiger partial charge on any atom is -0.495 e. The number of halogens is 2. The summed E-state index contributed by atoms with van der Waals surface area (Å²) < 4.78 is 29.4. The second kappa shape index (κ2) is 7.80. The number of nitrogens with zero attached hydrogens (tertiary/aromatic N) is 1. The molecule has 0 atom stereocenters. The van der Waals surface area contributed by atoms with Gasteiger partial charge in [0.25, 0.3) is 0 Å².